The fourth-order valence-electron chi connectivity index (χ4n) is 2.80. The molecular formula is C13H13F2N3O3. The van der Waals surface area contributed by atoms with E-state index in [0.29, 0.717) is 31.4 Å². The molecule has 1 fully saturated rings. The molecule has 8 heteroatoms. The maximum Gasteiger partial charge on any atom is 0.407 e. The van der Waals surface area contributed by atoms with Crippen LogP contribution in [0.4, 0.5) is 13.6 Å². The number of nitrogens with zero attached hydrogens (tertiary/aromatic N) is 2. The Balaban J connectivity index is 1.98. The molecule has 0 unspecified atom stereocenters. The van der Waals surface area contributed by atoms with Crippen molar-refractivity contribution in [3.63, 3.8) is 0 Å². The Labute approximate surface area is 117 Å². The third-order valence-corrected chi connectivity index (χ3v) is 3.86. The molecule has 112 valence electrons. The number of benzene rings is 1. The molecule has 2 N–H and O–H groups in total. The standard InChI is InChI=1S/C13H13F2N3O3/c14-8-5-10-11(6-9(8)15)18(12(19)16-10)7-1-3-17(4-2-7)13(20)21/h5-7H,1-4H2,(H,16,19)(H,20,21). The molecule has 6 nitrogen and oxygen atoms in total. The van der Waals surface area contributed by atoms with Crippen LogP contribution in [-0.2, 0) is 0 Å². The zero-order valence-electron chi connectivity index (χ0n) is 11.0. The molecular weight excluding hydrogens is 284 g/mol. The number of fused-ring (bicyclic) bond motifs is 1. The number of hydrogen-bond donors (Lipinski definition) is 2. The number of amides is 1. The lowest BCUT2D eigenvalue weighted by Gasteiger charge is -2.30. The normalized spacial score (nSPS) is 16.6. The fraction of sp³-hybridized carbons (Fsp3) is 0.385. The van der Waals surface area contributed by atoms with E-state index in [2.05, 4.69) is 4.98 Å². The monoisotopic (exact) mass is 297 g/mol. The lowest BCUT2D eigenvalue weighted by atomic mass is 10.0. The molecule has 1 saturated heterocycles. The Bertz CT molecular complexity index is 760. The second-order valence-electron chi connectivity index (χ2n) is 5.08. The van der Waals surface area contributed by atoms with Crippen molar-refractivity contribution in [1.29, 1.82) is 0 Å². The molecule has 0 radical (unpaired) electrons. The Morgan fingerprint density at radius 1 is 1.24 bits per heavy atom. The number of piperidine rings is 1. The summed E-state index contributed by atoms with van der Waals surface area (Å²) in [5, 5.41) is 8.91. The summed E-state index contributed by atoms with van der Waals surface area (Å²) in [7, 11) is 0. The van der Waals surface area contributed by atoms with Gasteiger partial charge in [0.05, 0.1) is 11.0 Å². The van der Waals surface area contributed by atoms with Crippen LogP contribution in [0.1, 0.15) is 18.9 Å². The molecule has 3 rings (SSSR count). The average Bonchev–Trinajstić information content (AvgIpc) is 2.75. The number of H-pyrrole nitrogens is 1. The first-order chi connectivity index (χ1) is 9.97. The van der Waals surface area contributed by atoms with Gasteiger partial charge in [-0.2, -0.15) is 0 Å². The molecule has 1 amide bonds. The number of nitrogens with one attached hydrogen (secondary N) is 1. The summed E-state index contributed by atoms with van der Waals surface area (Å²) in [6, 6.07) is 1.72. The van der Waals surface area contributed by atoms with Gasteiger partial charge in [0.25, 0.3) is 0 Å². The number of halogens is 2. The van der Waals surface area contributed by atoms with E-state index in [-0.39, 0.29) is 11.6 Å². The first kappa shape index (κ1) is 13.6. The molecule has 0 atom stereocenters. The largest absolute Gasteiger partial charge is 0.465 e. The summed E-state index contributed by atoms with van der Waals surface area (Å²) in [5.41, 5.74) is 0.0935. The van der Waals surface area contributed by atoms with Crippen molar-refractivity contribution in [3.8, 4) is 0 Å². The van der Waals surface area contributed by atoms with Crippen molar-refractivity contribution < 1.29 is 18.7 Å². The highest BCUT2D eigenvalue weighted by atomic mass is 19.2. The van der Waals surface area contributed by atoms with Crippen LogP contribution in [0.25, 0.3) is 11.0 Å². The Morgan fingerprint density at radius 3 is 2.48 bits per heavy atom. The van der Waals surface area contributed by atoms with Crippen molar-refractivity contribution in [1.82, 2.24) is 14.5 Å². The van der Waals surface area contributed by atoms with E-state index in [0.717, 1.165) is 12.1 Å². The maximum absolute atomic E-state index is 13.4. The number of carbonyl (C=O) groups is 1. The van der Waals surface area contributed by atoms with Crippen molar-refractivity contribution in [2.24, 2.45) is 0 Å². The van der Waals surface area contributed by atoms with Crippen LogP contribution < -0.4 is 5.69 Å². The van der Waals surface area contributed by atoms with Gasteiger partial charge in [-0.3, -0.25) is 4.57 Å². The zero-order chi connectivity index (χ0) is 15.1. The van der Waals surface area contributed by atoms with Gasteiger partial charge in [-0.25, -0.2) is 18.4 Å². The Morgan fingerprint density at radius 2 is 1.86 bits per heavy atom. The first-order valence-corrected chi connectivity index (χ1v) is 6.54. The molecule has 0 saturated carbocycles. The molecule has 0 bridgehead atoms. The van der Waals surface area contributed by atoms with Crippen LogP contribution in [0.3, 0.4) is 0 Å². The number of aromatic amines is 1. The maximum atomic E-state index is 13.4. The van der Waals surface area contributed by atoms with E-state index in [1.165, 1.54) is 9.47 Å². The van der Waals surface area contributed by atoms with Crippen LogP contribution in [0.2, 0.25) is 0 Å². The second kappa shape index (κ2) is 4.87. The molecule has 1 aromatic carbocycles. The van der Waals surface area contributed by atoms with Gasteiger partial charge in [-0.15, -0.1) is 0 Å². The summed E-state index contributed by atoms with van der Waals surface area (Å²) in [4.78, 5) is 26.6. The summed E-state index contributed by atoms with van der Waals surface area (Å²) >= 11 is 0. The third-order valence-electron chi connectivity index (χ3n) is 3.86. The van der Waals surface area contributed by atoms with Crippen molar-refractivity contribution in [2.45, 2.75) is 18.9 Å². The second-order valence-corrected chi connectivity index (χ2v) is 5.08. The van der Waals surface area contributed by atoms with E-state index in [1.54, 1.807) is 0 Å². The molecule has 1 aliphatic rings. The van der Waals surface area contributed by atoms with E-state index in [9.17, 15) is 18.4 Å². The minimum atomic E-state index is -1.02. The first-order valence-electron chi connectivity index (χ1n) is 6.54. The van der Waals surface area contributed by atoms with E-state index < -0.39 is 23.4 Å². The molecule has 21 heavy (non-hydrogen) atoms. The van der Waals surface area contributed by atoms with Crippen LogP contribution >= 0.6 is 0 Å². The minimum absolute atomic E-state index is 0.230. The number of imidazole rings is 1. The summed E-state index contributed by atoms with van der Waals surface area (Å²) in [6.07, 6.45) is -0.0797. The van der Waals surface area contributed by atoms with Gasteiger partial charge in [-0.1, -0.05) is 0 Å². The fourth-order valence-corrected chi connectivity index (χ4v) is 2.80. The van der Waals surface area contributed by atoms with Gasteiger partial charge in [0.2, 0.25) is 0 Å². The summed E-state index contributed by atoms with van der Waals surface area (Å²) in [6.45, 7) is 0.617. The zero-order valence-corrected chi connectivity index (χ0v) is 11.0. The predicted molar refractivity (Wildman–Crippen MR) is 70.3 cm³/mol. The van der Waals surface area contributed by atoms with E-state index in [4.69, 9.17) is 5.11 Å². The van der Waals surface area contributed by atoms with Crippen LogP contribution in [-0.4, -0.2) is 38.7 Å². The lowest BCUT2D eigenvalue weighted by molar-refractivity contribution is 0.125. The number of likely N-dealkylation sites (tertiary alicyclic amines) is 1. The van der Waals surface area contributed by atoms with Crippen molar-refractivity contribution in [3.05, 3.63) is 34.3 Å². The van der Waals surface area contributed by atoms with Crippen LogP contribution in [0.15, 0.2) is 16.9 Å². The van der Waals surface area contributed by atoms with Gasteiger partial charge < -0.3 is 15.0 Å². The predicted octanol–water partition coefficient (Wildman–Crippen LogP) is 1.92. The molecule has 1 aromatic heterocycles. The smallest absolute Gasteiger partial charge is 0.407 e. The molecule has 2 heterocycles. The summed E-state index contributed by atoms with van der Waals surface area (Å²) in [5.74, 6) is -2.03. The molecule has 0 aliphatic carbocycles. The molecule has 0 spiro atoms. The summed E-state index contributed by atoms with van der Waals surface area (Å²) < 4.78 is 28.0. The number of aromatic nitrogens is 2. The van der Waals surface area contributed by atoms with Gasteiger partial charge in [0.1, 0.15) is 0 Å². The van der Waals surface area contributed by atoms with Gasteiger partial charge >= 0.3 is 11.8 Å². The Kier molecular flexibility index (Phi) is 3.15. The highest BCUT2D eigenvalue weighted by Gasteiger charge is 2.26. The van der Waals surface area contributed by atoms with Crippen molar-refractivity contribution >= 4 is 17.1 Å². The number of hydrogen-bond acceptors (Lipinski definition) is 2. The third kappa shape index (κ3) is 2.26. The quantitative estimate of drug-likeness (QED) is 0.844. The molecule has 1 aliphatic heterocycles. The van der Waals surface area contributed by atoms with Gasteiger partial charge in [0, 0.05) is 31.3 Å². The lowest BCUT2D eigenvalue weighted by Crippen LogP contribution is -2.39. The van der Waals surface area contributed by atoms with Crippen LogP contribution in [0.5, 0.6) is 0 Å². The Hall–Kier alpha value is -2.38. The highest BCUT2D eigenvalue weighted by Crippen LogP contribution is 2.25. The van der Waals surface area contributed by atoms with E-state index >= 15 is 0 Å². The average molecular weight is 297 g/mol. The van der Waals surface area contributed by atoms with E-state index in [1.807, 2.05) is 0 Å². The van der Waals surface area contributed by atoms with Crippen molar-refractivity contribution in [2.75, 3.05) is 13.1 Å². The molecule has 2 aromatic rings. The number of carboxylic acid groups (broad SMARTS) is 1. The number of rotatable bonds is 1. The minimum Gasteiger partial charge on any atom is -0.465 e. The van der Waals surface area contributed by atoms with Gasteiger partial charge in [-0.05, 0) is 12.8 Å². The van der Waals surface area contributed by atoms with Crippen LogP contribution in [0, 0.1) is 11.6 Å². The topological polar surface area (TPSA) is 78.3 Å². The highest BCUT2D eigenvalue weighted by molar-refractivity contribution is 5.75. The van der Waals surface area contributed by atoms with Gasteiger partial charge in [0.15, 0.2) is 11.6 Å². The SMILES string of the molecule is O=C(O)N1CCC(n2c(=O)[nH]c3cc(F)c(F)cc32)CC1.